The minimum absolute atomic E-state index is 0.319. The maximum absolute atomic E-state index is 11.8. The molecular weight excluding hydrogens is 350 g/mol. The summed E-state index contributed by atoms with van der Waals surface area (Å²) in [6.07, 6.45) is 1.09. The van der Waals surface area contributed by atoms with Crippen molar-refractivity contribution in [2.45, 2.75) is 26.9 Å². The number of ether oxygens (including phenoxy) is 2. The molecule has 3 aromatic rings. The molecule has 1 heterocycles. The Kier molecular flexibility index (Phi) is 5.43. The van der Waals surface area contributed by atoms with Crippen LogP contribution in [0.3, 0.4) is 0 Å². The van der Waals surface area contributed by atoms with Gasteiger partial charge in [-0.3, -0.25) is 0 Å². The van der Waals surface area contributed by atoms with Gasteiger partial charge in [0.25, 0.3) is 0 Å². The normalized spacial score (nSPS) is 12.0. The Balaban J connectivity index is 2.02. The van der Waals surface area contributed by atoms with Crippen LogP contribution >= 0.6 is 11.6 Å². The summed E-state index contributed by atoms with van der Waals surface area (Å²) in [5.41, 5.74) is 3.27. The molecule has 0 aliphatic carbocycles. The Bertz CT molecular complexity index is 955. The average molecular weight is 370 g/mol. The fraction of sp³-hybridized carbons (Fsp3) is 0.238. The monoisotopic (exact) mass is 369 g/mol. The van der Waals surface area contributed by atoms with Crippen LogP contribution in [-0.2, 0) is 9.53 Å². The molecule has 0 bridgehead atoms. The molecule has 2 aromatic carbocycles. The van der Waals surface area contributed by atoms with Crippen LogP contribution in [0.2, 0.25) is 5.15 Å². The zero-order valence-corrected chi connectivity index (χ0v) is 15.7. The third kappa shape index (κ3) is 3.65. The molecule has 1 atom stereocenters. The van der Waals surface area contributed by atoms with Crippen molar-refractivity contribution in [2.24, 2.45) is 0 Å². The first-order valence-corrected chi connectivity index (χ1v) is 8.86. The molecule has 3 rings (SSSR count). The van der Waals surface area contributed by atoms with E-state index in [-0.39, 0.29) is 0 Å². The van der Waals surface area contributed by atoms with Crippen molar-refractivity contribution in [1.29, 1.82) is 0 Å². The van der Waals surface area contributed by atoms with E-state index in [1.807, 2.05) is 30.3 Å². The molecule has 1 aromatic heterocycles. The fourth-order valence-electron chi connectivity index (χ4n) is 2.86. The second-order valence-electron chi connectivity index (χ2n) is 6.00. The highest BCUT2D eigenvalue weighted by molar-refractivity contribution is 6.34. The molecule has 0 unspecified atom stereocenters. The second kappa shape index (κ2) is 7.75. The molecule has 0 aliphatic rings. The zero-order valence-electron chi connectivity index (χ0n) is 15.0. The Labute approximate surface area is 157 Å². The number of carbonyl (C=O) groups excluding carboxylic acids is 1. The van der Waals surface area contributed by atoms with Crippen molar-refractivity contribution in [2.75, 3.05) is 6.61 Å². The molecule has 26 heavy (non-hydrogen) atoms. The van der Waals surface area contributed by atoms with E-state index in [0.717, 1.165) is 27.5 Å². The predicted molar refractivity (Wildman–Crippen MR) is 104 cm³/mol. The third-order valence-corrected chi connectivity index (χ3v) is 4.48. The van der Waals surface area contributed by atoms with E-state index in [2.05, 4.69) is 24.0 Å². The number of aryl methyl sites for hydroxylation is 1. The topological polar surface area (TPSA) is 48.4 Å². The minimum atomic E-state index is -0.696. The third-order valence-electron chi connectivity index (χ3n) is 4.18. The summed E-state index contributed by atoms with van der Waals surface area (Å²) in [5.74, 6) is 0.147. The quantitative estimate of drug-likeness (QED) is 0.458. The molecule has 134 valence electrons. The van der Waals surface area contributed by atoms with Gasteiger partial charge in [-0.1, -0.05) is 35.9 Å². The van der Waals surface area contributed by atoms with Gasteiger partial charge in [0, 0.05) is 17.1 Å². The van der Waals surface area contributed by atoms with E-state index < -0.39 is 12.1 Å². The van der Waals surface area contributed by atoms with E-state index in [9.17, 15) is 4.79 Å². The first kappa shape index (κ1) is 18.2. The van der Waals surface area contributed by atoms with Gasteiger partial charge < -0.3 is 9.47 Å². The van der Waals surface area contributed by atoms with Gasteiger partial charge in [0.2, 0.25) is 0 Å². The highest BCUT2D eigenvalue weighted by atomic mass is 35.5. The zero-order chi connectivity index (χ0) is 18.7. The van der Waals surface area contributed by atoms with E-state index in [4.69, 9.17) is 21.1 Å². The van der Waals surface area contributed by atoms with Gasteiger partial charge in [0.1, 0.15) is 10.9 Å². The van der Waals surface area contributed by atoms with Crippen molar-refractivity contribution in [1.82, 2.24) is 4.98 Å². The summed E-state index contributed by atoms with van der Waals surface area (Å²) in [6.45, 7) is 5.80. The van der Waals surface area contributed by atoms with Crippen molar-refractivity contribution in [3.8, 4) is 16.9 Å². The lowest BCUT2D eigenvalue weighted by Gasteiger charge is -2.15. The largest absolute Gasteiger partial charge is 0.479 e. The summed E-state index contributed by atoms with van der Waals surface area (Å²) in [4.78, 5) is 16.1. The number of aromatic nitrogens is 1. The first-order chi connectivity index (χ1) is 12.5. The molecule has 0 aliphatic heterocycles. The van der Waals surface area contributed by atoms with Gasteiger partial charge in [-0.05, 0) is 55.5 Å². The first-order valence-electron chi connectivity index (χ1n) is 8.48. The van der Waals surface area contributed by atoms with Gasteiger partial charge in [-0.15, -0.1) is 0 Å². The van der Waals surface area contributed by atoms with E-state index in [1.165, 1.54) is 0 Å². The summed E-state index contributed by atoms with van der Waals surface area (Å²) < 4.78 is 10.7. The number of esters is 1. The fourth-order valence-corrected chi connectivity index (χ4v) is 3.07. The maximum atomic E-state index is 11.8. The van der Waals surface area contributed by atoms with E-state index in [1.54, 1.807) is 20.0 Å². The lowest BCUT2D eigenvalue weighted by atomic mass is 9.97. The second-order valence-corrected chi connectivity index (χ2v) is 6.36. The van der Waals surface area contributed by atoms with Crippen LogP contribution in [0.5, 0.6) is 5.75 Å². The van der Waals surface area contributed by atoms with Crippen molar-refractivity contribution in [3.05, 3.63) is 59.4 Å². The Morgan fingerprint density at radius 3 is 2.65 bits per heavy atom. The van der Waals surface area contributed by atoms with E-state index in [0.29, 0.717) is 17.5 Å². The van der Waals surface area contributed by atoms with Crippen LogP contribution in [-0.4, -0.2) is 23.7 Å². The molecule has 0 N–H and O–H groups in total. The molecule has 4 nitrogen and oxygen atoms in total. The van der Waals surface area contributed by atoms with Gasteiger partial charge >= 0.3 is 5.97 Å². The lowest BCUT2D eigenvalue weighted by molar-refractivity contribution is -0.150. The molecule has 5 heteroatoms. The predicted octanol–water partition coefficient (Wildman–Crippen LogP) is 5.19. The van der Waals surface area contributed by atoms with Crippen LogP contribution < -0.4 is 4.74 Å². The van der Waals surface area contributed by atoms with E-state index >= 15 is 0 Å². The van der Waals surface area contributed by atoms with Crippen molar-refractivity contribution in [3.63, 3.8) is 0 Å². The van der Waals surface area contributed by atoms with Crippen LogP contribution in [0.1, 0.15) is 19.4 Å². The Hall–Kier alpha value is -2.59. The number of pyridine rings is 1. The number of fused-ring (bicyclic) bond motifs is 1. The number of carbonyl (C=O) groups is 1. The highest BCUT2D eigenvalue weighted by Crippen LogP contribution is 2.35. The molecule has 0 saturated heterocycles. The van der Waals surface area contributed by atoms with Crippen molar-refractivity contribution < 1.29 is 14.3 Å². The van der Waals surface area contributed by atoms with Crippen LogP contribution in [0.15, 0.2) is 48.7 Å². The van der Waals surface area contributed by atoms with Gasteiger partial charge in [0.15, 0.2) is 6.10 Å². The lowest BCUT2D eigenvalue weighted by Crippen LogP contribution is -2.26. The van der Waals surface area contributed by atoms with Gasteiger partial charge in [-0.2, -0.15) is 0 Å². The number of halogens is 1. The molecule has 0 saturated carbocycles. The van der Waals surface area contributed by atoms with Gasteiger partial charge in [0.05, 0.1) is 6.61 Å². The summed E-state index contributed by atoms with van der Waals surface area (Å²) >= 11 is 6.32. The molecule has 0 radical (unpaired) electrons. The summed E-state index contributed by atoms with van der Waals surface area (Å²) in [7, 11) is 0. The smallest absolute Gasteiger partial charge is 0.347 e. The van der Waals surface area contributed by atoms with Gasteiger partial charge in [-0.25, -0.2) is 9.78 Å². The Morgan fingerprint density at radius 1 is 1.15 bits per heavy atom. The van der Waals surface area contributed by atoms with Crippen LogP contribution in [0.4, 0.5) is 0 Å². The Morgan fingerprint density at radius 2 is 1.92 bits per heavy atom. The molecular formula is C21H20ClNO3. The molecule has 0 spiro atoms. The number of hydrogen-bond donors (Lipinski definition) is 0. The number of nitrogens with zero attached hydrogens (tertiary/aromatic N) is 1. The van der Waals surface area contributed by atoms with Crippen molar-refractivity contribution >= 4 is 28.3 Å². The number of benzene rings is 2. The van der Waals surface area contributed by atoms with Crippen LogP contribution in [0, 0.1) is 6.92 Å². The summed E-state index contributed by atoms with van der Waals surface area (Å²) in [6, 6.07) is 13.7. The molecule has 0 fully saturated rings. The number of hydrogen-bond acceptors (Lipinski definition) is 4. The van der Waals surface area contributed by atoms with Crippen LogP contribution in [0.25, 0.3) is 21.9 Å². The molecule has 0 amide bonds. The minimum Gasteiger partial charge on any atom is -0.479 e. The standard InChI is InChI=1S/C21H20ClNO3/c1-4-25-21(24)14(3)26-15-9-10-17-18(11-15)20(22)23-12-19(17)16-8-6-5-7-13(16)2/h5-12,14H,4H2,1-3H3/t14-/m1/s1. The SMILES string of the molecule is CCOC(=O)[C@@H](C)Oc1ccc2c(-c3ccccc3C)cnc(Cl)c2c1. The highest BCUT2D eigenvalue weighted by Gasteiger charge is 2.17. The average Bonchev–Trinajstić information content (AvgIpc) is 2.63. The summed E-state index contributed by atoms with van der Waals surface area (Å²) in [5, 5.41) is 2.16. The maximum Gasteiger partial charge on any atom is 0.347 e. The number of rotatable bonds is 5.